The number of aliphatic hydroxyl groups is 1. The van der Waals surface area contributed by atoms with Crippen molar-refractivity contribution in [3.8, 4) is 0 Å². The van der Waals surface area contributed by atoms with E-state index < -0.39 is 97.5 Å². The van der Waals surface area contributed by atoms with Gasteiger partial charge in [0.15, 0.2) is 12.2 Å². The first kappa shape index (κ1) is 105. The second-order valence-corrected chi connectivity index (χ2v) is 35.7. The first-order chi connectivity index (χ1) is 51.8. The Labute approximate surface area is 658 Å². The molecule has 0 heterocycles. The zero-order valence-electron chi connectivity index (χ0n) is 70.6. The molecule has 0 aromatic carbocycles. The van der Waals surface area contributed by atoms with Gasteiger partial charge >= 0.3 is 39.5 Å². The topological polar surface area (TPSA) is 237 Å². The predicted octanol–water partition coefficient (Wildman–Crippen LogP) is 26.9. The molecule has 0 fully saturated rings. The van der Waals surface area contributed by atoms with Crippen molar-refractivity contribution in [2.75, 3.05) is 39.6 Å². The van der Waals surface area contributed by atoms with E-state index in [1.54, 1.807) is 0 Å². The minimum atomic E-state index is -4.97. The zero-order valence-corrected chi connectivity index (χ0v) is 72.4. The molecule has 0 saturated carbocycles. The number of carbonyl (C=O) groups is 4. The molecule has 107 heavy (non-hydrogen) atoms. The van der Waals surface area contributed by atoms with Crippen molar-refractivity contribution >= 4 is 39.5 Å². The van der Waals surface area contributed by atoms with Crippen molar-refractivity contribution < 1.29 is 80.2 Å². The highest BCUT2D eigenvalue weighted by molar-refractivity contribution is 7.47. The molecule has 0 rings (SSSR count). The summed E-state index contributed by atoms with van der Waals surface area (Å²) in [5.41, 5.74) is 0. The Morgan fingerprint density at radius 3 is 0.710 bits per heavy atom. The number of esters is 4. The molecular weight excluding hydrogens is 1390 g/mol. The third-order valence-electron chi connectivity index (χ3n) is 21.0. The lowest BCUT2D eigenvalue weighted by Gasteiger charge is -2.21. The smallest absolute Gasteiger partial charge is 0.462 e. The molecule has 636 valence electrons. The van der Waals surface area contributed by atoms with Crippen LogP contribution < -0.4 is 0 Å². The van der Waals surface area contributed by atoms with Crippen LogP contribution in [0.3, 0.4) is 0 Å². The molecule has 0 aliphatic rings. The summed E-state index contributed by atoms with van der Waals surface area (Å²) in [5, 5.41) is 10.7. The van der Waals surface area contributed by atoms with Gasteiger partial charge in [-0.1, -0.05) is 414 Å². The fourth-order valence-electron chi connectivity index (χ4n) is 13.7. The van der Waals surface area contributed by atoms with Gasteiger partial charge in [-0.3, -0.25) is 37.3 Å². The molecule has 0 spiro atoms. The Hall–Kier alpha value is -1.94. The summed E-state index contributed by atoms with van der Waals surface area (Å²) in [4.78, 5) is 73.3. The fraction of sp³-hybridized carbons (Fsp3) is 0.955. The lowest BCUT2D eigenvalue weighted by Crippen LogP contribution is -2.30. The average Bonchev–Trinajstić information content (AvgIpc) is 0.908. The van der Waals surface area contributed by atoms with Crippen molar-refractivity contribution in [3.63, 3.8) is 0 Å². The fourth-order valence-corrected chi connectivity index (χ4v) is 15.3. The SMILES string of the molecule is CCCCCCCCCCCCCCCCCCCCC(=O)OC[C@H](COP(=O)(O)OC[C@@H](O)COP(=O)(O)OC[C@@H](COC(=O)CCCCCCCCCCCC(C)C)OC(=O)CCCCCCCCCCCCCCC(C)C)OC(=O)CCCCCCCCCCCCCCCCCCCCC(C)CC. The quantitative estimate of drug-likeness (QED) is 0.0222. The van der Waals surface area contributed by atoms with Gasteiger partial charge in [-0.25, -0.2) is 9.13 Å². The van der Waals surface area contributed by atoms with E-state index in [1.165, 1.54) is 276 Å². The maximum atomic E-state index is 13.2. The number of unbranched alkanes of at least 4 members (excludes halogenated alkanes) is 53. The summed E-state index contributed by atoms with van der Waals surface area (Å²) in [5.74, 6) is 0.289. The van der Waals surface area contributed by atoms with Crippen LogP contribution in [-0.2, 0) is 65.4 Å². The molecular formula is C88H172O17P2. The summed E-state index contributed by atoms with van der Waals surface area (Å²) in [6.07, 6.45) is 69.4. The second kappa shape index (κ2) is 78.0. The first-order valence-corrected chi connectivity index (χ1v) is 48.4. The Morgan fingerprint density at radius 1 is 0.271 bits per heavy atom. The Morgan fingerprint density at radius 2 is 0.477 bits per heavy atom. The molecule has 0 saturated heterocycles. The zero-order chi connectivity index (χ0) is 78.6. The van der Waals surface area contributed by atoms with Crippen LogP contribution >= 0.6 is 15.6 Å². The average molecular weight is 1560 g/mol. The lowest BCUT2D eigenvalue weighted by molar-refractivity contribution is -0.161. The van der Waals surface area contributed by atoms with Gasteiger partial charge in [-0.05, 0) is 43.4 Å². The van der Waals surface area contributed by atoms with Crippen molar-refractivity contribution in [1.29, 1.82) is 0 Å². The van der Waals surface area contributed by atoms with Gasteiger partial charge in [0.25, 0.3) is 0 Å². The number of aliphatic hydroxyl groups excluding tert-OH is 1. The van der Waals surface area contributed by atoms with Gasteiger partial charge in [-0.15, -0.1) is 0 Å². The molecule has 0 aromatic heterocycles. The van der Waals surface area contributed by atoms with E-state index in [0.29, 0.717) is 25.7 Å². The molecule has 0 aliphatic carbocycles. The highest BCUT2D eigenvalue weighted by atomic mass is 31.2. The molecule has 17 nitrogen and oxygen atoms in total. The summed E-state index contributed by atoms with van der Waals surface area (Å²) in [6.45, 7) is 12.0. The normalized spacial score (nSPS) is 14.1. The molecule has 6 atom stereocenters. The van der Waals surface area contributed by atoms with Crippen LogP contribution in [0.2, 0.25) is 0 Å². The van der Waals surface area contributed by atoms with Gasteiger partial charge in [0.1, 0.15) is 19.3 Å². The van der Waals surface area contributed by atoms with E-state index in [0.717, 1.165) is 108 Å². The van der Waals surface area contributed by atoms with E-state index >= 15 is 0 Å². The van der Waals surface area contributed by atoms with Crippen molar-refractivity contribution in [2.45, 2.75) is 484 Å². The van der Waals surface area contributed by atoms with Gasteiger partial charge in [0.05, 0.1) is 26.4 Å². The largest absolute Gasteiger partial charge is 0.472 e. The lowest BCUT2D eigenvalue weighted by atomic mass is 9.99. The number of phosphoric acid groups is 2. The highest BCUT2D eigenvalue weighted by Crippen LogP contribution is 2.45. The van der Waals surface area contributed by atoms with E-state index in [9.17, 15) is 43.2 Å². The molecule has 0 bridgehead atoms. The Kier molecular flexibility index (Phi) is 76.6. The number of hydrogen-bond donors (Lipinski definition) is 3. The van der Waals surface area contributed by atoms with Crippen LogP contribution in [0.25, 0.3) is 0 Å². The highest BCUT2D eigenvalue weighted by Gasteiger charge is 2.31. The van der Waals surface area contributed by atoms with E-state index in [-0.39, 0.29) is 25.7 Å². The molecule has 19 heteroatoms. The van der Waals surface area contributed by atoms with Gasteiger partial charge in [0.2, 0.25) is 0 Å². The predicted molar refractivity (Wildman–Crippen MR) is 441 cm³/mol. The van der Waals surface area contributed by atoms with Crippen molar-refractivity contribution in [1.82, 2.24) is 0 Å². The summed E-state index contributed by atoms with van der Waals surface area (Å²) in [6, 6.07) is 0. The van der Waals surface area contributed by atoms with Gasteiger partial charge in [0, 0.05) is 25.7 Å². The van der Waals surface area contributed by atoms with Crippen LogP contribution in [0.15, 0.2) is 0 Å². The van der Waals surface area contributed by atoms with Crippen LogP contribution in [-0.4, -0.2) is 96.7 Å². The number of phosphoric ester groups is 2. The molecule has 0 amide bonds. The Balaban J connectivity index is 5.25. The van der Waals surface area contributed by atoms with Crippen LogP contribution in [0.1, 0.15) is 466 Å². The number of ether oxygens (including phenoxy) is 4. The summed E-state index contributed by atoms with van der Waals surface area (Å²) < 4.78 is 69.0. The van der Waals surface area contributed by atoms with Gasteiger partial charge < -0.3 is 33.8 Å². The molecule has 0 aromatic rings. The maximum Gasteiger partial charge on any atom is 0.472 e. The molecule has 0 radical (unpaired) electrons. The Bertz CT molecular complexity index is 2060. The minimum absolute atomic E-state index is 0.107. The van der Waals surface area contributed by atoms with Crippen LogP contribution in [0.4, 0.5) is 0 Å². The molecule has 3 unspecified atom stereocenters. The molecule has 0 aliphatic heterocycles. The van der Waals surface area contributed by atoms with Crippen LogP contribution in [0.5, 0.6) is 0 Å². The maximum absolute atomic E-state index is 13.2. The van der Waals surface area contributed by atoms with E-state index in [4.69, 9.17) is 37.0 Å². The monoisotopic (exact) mass is 1560 g/mol. The third-order valence-corrected chi connectivity index (χ3v) is 22.9. The minimum Gasteiger partial charge on any atom is -0.462 e. The molecule has 3 N–H and O–H groups in total. The van der Waals surface area contributed by atoms with E-state index in [2.05, 4.69) is 48.5 Å². The van der Waals surface area contributed by atoms with Gasteiger partial charge in [-0.2, -0.15) is 0 Å². The number of carbonyl (C=O) groups excluding carboxylic acids is 4. The van der Waals surface area contributed by atoms with Crippen LogP contribution in [0, 0.1) is 17.8 Å². The van der Waals surface area contributed by atoms with Crippen molar-refractivity contribution in [2.24, 2.45) is 17.8 Å². The van der Waals surface area contributed by atoms with Crippen molar-refractivity contribution in [3.05, 3.63) is 0 Å². The second-order valence-electron chi connectivity index (χ2n) is 32.8. The summed E-state index contributed by atoms with van der Waals surface area (Å²) >= 11 is 0. The first-order valence-electron chi connectivity index (χ1n) is 45.4. The standard InChI is InChI=1S/C88H172O17P2/c1-8-10-11-12-13-14-15-16-17-18-22-25-28-34-41-48-55-62-69-85(90)98-75-83(104-87(92)71-64-57-50-42-35-29-26-23-20-19-21-24-27-33-40-47-54-61-68-81(7)9-2)77-102-106(94,95)100-73-82(89)74-101-107(96,97)103-78-84(76-99-86(91)70-63-56-49-44-37-39-46-53-60-67-80(5)6)105-88(93)72-65-58-51-43-36-31-30-32-38-45-52-59-66-79(3)4/h79-84,89H,8-78H2,1-7H3,(H,94,95)(H,96,97)/t81?,82-,83-,84-/m1/s1. The summed E-state index contributed by atoms with van der Waals surface area (Å²) in [7, 11) is -9.93. The third kappa shape index (κ3) is 80.5. The number of rotatable bonds is 86. The van der Waals surface area contributed by atoms with E-state index in [1.807, 2.05) is 0 Å². The number of hydrogen-bond acceptors (Lipinski definition) is 15.